The maximum absolute atomic E-state index is 13.0. The summed E-state index contributed by atoms with van der Waals surface area (Å²) in [5.74, 6) is -1.27. The van der Waals surface area contributed by atoms with Crippen LogP contribution in [0.5, 0.6) is 0 Å². The second kappa shape index (κ2) is 13.0. The number of piperidine rings is 1. The minimum absolute atomic E-state index is 0.0332. The number of rotatable bonds is 10. The summed E-state index contributed by atoms with van der Waals surface area (Å²) in [4.78, 5) is 52.3. The second-order valence-electron chi connectivity index (χ2n) is 9.35. The van der Waals surface area contributed by atoms with Crippen LogP contribution in [0.2, 0.25) is 0 Å². The van der Waals surface area contributed by atoms with E-state index in [9.17, 15) is 34.5 Å². The van der Waals surface area contributed by atoms with Crippen LogP contribution in [-0.2, 0) is 23.9 Å². The molecule has 0 saturated carbocycles. The molecule has 17 heteroatoms. The molecule has 0 aliphatic carbocycles. The molecule has 0 bridgehead atoms. The molecule has 3 heterocycles. The van der Waals surface area contributed by atoms with Crippen LogP contribution < -0.4 is 38.1 Å². The zero-order valence-corrected chi connectivity index (χ0v) is 20.8. The number of nitrogens with one attached hydrogen (secondary N) is 5. The normalized spacial score (nSPS) is 33.1. The third kappa shape index (κ3) is 7.19. The van der Waals surface area contributed by atoms with Crippen LogP contribution >= 0.6 is 0 Å². The van der Waals surface area contributed by atoms with Crippen molar-refractivity contribution in [3.63, 3.8) is 0 Å². The lowest BCUT2D eigenvalue weighted by Gasteiger charge is -2.44. The predicted molar refractivity (Wildman–Crippen MR) is 129 cm³/mol. The monoisotopic (exact) mass is 544 g/mol. The van der Waals surface area contributed by atoms with Crippen LogP contribution in [0, 0.1) is 0 Å². The van der Waals surface area contributed by atoms with Crippen LogP contribution in [0.1, 0.15) is 26.2 Å². The highest BCUT2D eigenvalue weighted by Gasteiger charge is 2.49. The number of aliphatic hydroxyl groups excluding tert-OH is 3. The number of hydrogen-bond donors (Lipinski definition) is 10. The maximum Gasteiger partial charge on any atom is 0.404 e. The molecular weight excluding hydrogens is 508 g/mol. The summed E-state index contributed by atoms with van der Waals surface area (Å²) in [6.45, 7) is 1.03. The topological polar surface area (TPSA) is 272 Å². The van der Waals surface area contributed by atoms with E-state index in [1.165, 1.54) is 6.92 Å². The maximum atomic E-state index is 13.0. The Bertz CT molecular complexity index is 921. The molecule has 3 aliphatic rings. The van der Waals surface area contributed by atoms with Crippen LogP contribution in [0.15, 0.2) is 4.99 Å². The smallest absolute Gasteiger partial charge is 0.404 e. The summed E-state index contributed by atoms with van der Waals surface area (Å²) in [6.07, 6.45) is -6.84. The van der Waals surface area contributed by atoms with Gasteiger partial charge >= 0.3 is 6.09 Å². The Labute approximate surface area is 218 Å². The van der Waals surface area contributed by atoms with Gasteiger partial charge in [-0.3, -0.25) is 14.4 Å². The molecule has 3 aliphatic heterocycles. The van der Waals surface area contributed by atoms with E-state index in [2.05, 4.69) is 31.6 Å². The molecule has 0 spiro atoms. The number of carbonyl (C=O) groups excluding carboxylic acids is 4. The number of carbonyl (C=O) groups is 4. The molecule has 214 valence electrons. The van der Waals surface area contributed by atoms with E-state index in [0.29, 0.717) is 19.4 Å². The fourth-order valence-electron chi connectivity index (χ4n) is 4.68. The van der Waals surface area contributed by atoms with E-state index >= 15 is 0 Å². The number of hydrogen-bond acceptors (Lipinski definition) is 13. The Morgan fingerprint density at radius 1 is 1.32 bits per heavy atom. The van der Waals surface area contributed by atoms with Gasteiger partial charge in [0.1, 0.15) is 18.2 Å². The van der Waals surface area contributed by atoms with Crippen molar-refractivity contribution >= 4 is 29.8 Å². The van der Waals surface area contributed by atoms with Gasteiger partial charge in [0.05, 0.1) is 18.8 Å². The lowest BCUT2D eigenvalue weighted by molar-refractivity contribution is -0.198. The van der Waals surface area contributed by atoms with Gasteiger partial charge in [-0.1, -0.05) is 0 Å². The van der Waals surface area contributed by atoms with Crippen LogP contribution in [0.4, 0.5) is 4.79 Å². The molecule has 9 unspecified atom stereocenters. The number of fused-ring (bicyclic) bond motifs is 1. The molecule has 12 N–H and O–H groups in total. The number of β-amino-alcohol motifs (C(OH)–C–C–N with tert-alkyl or cyclic N) is 1. The molecule has 2 saturated heterocycles. The molecule has 0 radical (unpaired) electrons. The van der Waals surface area contributed by atoms with Crippen molar-refractivity contribution in [1.29, 1.82) is 0 Å². The quantitative estimate of drug-likeness (QED) is 0.123. The van der Waals surface area contributed by atoms with Gasteiger partial charge < -0.3 is 62.8 Å². The van der Waals surface area contributed by atoms with Crippen molar-refractivity contribution in [2.75, 3.05) is 19.7 Å². The number of aliphatic imine (C=N–C) groups is 1. The highest BCUT2D eigenvalue weighted by atomic mass is 16.6. The number of aliphatic hydroxyl groups is 3. The minimum atomic E-state index is -1.60. The molecule has 0 aromatic heterocycles. The number of ether oxygens (including phenoxy) is 2. The highest BCUT2D eigenvalue weighted by molar-refractivity contribution is 5.92. The van der Waals surface area contributed by atoms with Crippen molar-refractivity contribution < 1.29 is 44.0 Å². The van der Waals surface area contributed by atoms with E-state index in [1.807, 2.05) is 0 Å². The summed E-state index contributed by atoms with van der Waals surface area (Å²) in [5, 5.41) is 44.6. The van der Waals surface area contributed by atoms with Crippen molar-refractivity contribution in [3.05, 3.63) is 0 Å². The second-order valence-corrected chi connectivity index (χ2v) is 9.35. The third-order valence-corrected chi connectivity index (χ3v) is 6.43. The Morgan fingerprint density at radius 3 is 2.66 bits per heavy atom. The summed E-state index contributed by atoms with van der Waals surface area (Å²) in [7, 11) is 0. The van der Waals surface area contributed by atoms with E-state index in [1.54, 1.807) is 0 Å². The Kier molecular flexibility index (Phi) is 10.0. The molecule has 3 rings (SSSR count). The Morgan fingerprint density at radius 2 is 2.05 bits per heavy atom. The van der Waals surface area contributed by atoms with Crippen molar-refractivity contribution in [2.24, 2.45) is 16.5 Å². The Balaban J connectivity index is 1.79. The summed E-state index contributed by atoms with van der Waals surface area (Å²) in [5.41, 5.74) is 10.7. The van der Waals surface area contributed by atoms with Gasteiger partial charge in [-0.2, -0.15) is 0 Å². The van der Waals surface area contributed by atoms with Crippen molar-refractivity contribution in [3.8, 4) is 0 Å². The summed E-state index contributed by atoms with van der Waals surface area (Å²) < 4.78 is 10.7. The van der Waals surface area contributed by atoms with E-state index in [4.69, 9.17) is 20.9 Å². The average Bonchev–Trinajstić information content (AvgIpc) is 3.28. The van der Waals surface area contributed by atoms with E-state index in [-0.39, 0.29) is 24.8 Å². The van der Waals surface area contributed by atoms with Crippen LogP contribution in [0.25, 0.3) is 0 Å². The molecule has 17 nitrogen and oxygen atoms in total. The van der Waals surface area contributed by atoms with Gasteiger partial charge in [0.15, 0.2) is 24.3 Å². The van der Waals surface area contributed by atoms with Gasteiger partial charge in [0.2, 0.25) is 17.7 Å². The fourth-order valence-corrected chi connectivity index (χ4v) is 4.68. The zero-order chi connectivity index (χ0) is 28.0. The highest BCUT2D eigenvalue weighted by Crippen LogP contribution is 2.24. The lowest BCUT2D eigenvalue weighted by Crippen LogP contribution is -2.70. The SMILES string of the molecule is CC(=O)NC(CCCN)CC(=O)NC1C(NC2=NC3C(=O)NCC(O)C3N2)OC(CO)C(OC(N)=O)C1O. The molecule has 0 aromatic carbocycles. The largest absolute Gasteiger partial charge is 0.441 e. The first kappa shape index (κ1) is 29.3. The number of primary amides is 1. The minimum Gasteiger partial charge on any atom is -0.441 e. The standard InChI is InChI=1S/C21H36N8O9/c1-8(31)25-9(3-2-4-22)5-12(33)26-15-16(34)17(38-20(23)36)11(7-30)37-19(15)29-21-27-13-10(32)6-24-18(35)14(13)28-21/h9-11,13-17,19,30,32,34H,2-7,22H2,1H3,(H2,23,36)(H,24,35)(H,25,31)(H,26,33)(H2,27,28,29). The van der Waals surface area contributed by atoms with E-state index < -0.39 is 79.3 Å². The van der Waals surface area contributed by atoms with E-state index in [0.717, 1.165) is 0 Å². The van der Waals surface area contributed by atoms with Crippen molar-refractivity contribution in [1.82, 2.24) is 26.6 Å². The Hall–Kier alpha value is -3.25. The number of nitrogens with zero attached hydrogens (tertiary/aromatic N) is 1. The zero-order valence-electron chi connectivity index (χ0n) is 20.8. The summed E-state index contributed by atoms with van der Waals surface area (Å²) >= 11 is 0. The van der Waals surface area contributed by atoms with Gasteiger partial charge in [0, 0.05) is 25.9 Å². The number of guanidine groups is 1. The molecule has 4 amide bonds. The van der Waals surface area contributed by atoms with Gasteiger partial charge in [0.25, 0.3) is 0 Å². The molecule has 9 atom stereocenters. The molecule has 2 fully saturated rings. The van der Waals surface area contributed by atoms with Gasteiger partial charge in [-0.15, -0.1) is 0 Å². The fraction of sp³-hybridized carbons (Fsp3) is 0.762. The number of amides is 4. The number of nitrogens with two attached hydrogens (primary N) is 2. The molecule has 0 aromatic rings. The van der Waals surface area contributed by atoms with Gasteiger partial charge in [-0.25, -0.2) is 9.79 Å². The lowest BCUT2D eigenvalue weighted by atomic mass is 9.95. The van der Waals surface area contributed by atoms with Crippen LogP contribution in [-0.4, -0.2) is 120 Å². The van der Waals surface area contributed by atoms with Crippen LogP contribution in [0.3, 0.4) is 0 Å². The average molecular weight is 545 g/mol. The molecule has 38 heavy (non-hydrogen) atoms. The van der Waals surface area contributed by atoms with Gasteiger partial charge in [-0.05, 0) is 19.4 Å². The molecular formula is C21H36N8O9. The first-order valence-electron chi connectivity index (χ1n) is 12.3. The predicted octanol–water partition coefficient (Wildman–Crippen LogP) is -5.58. The first-order chi connectivity index (χ1) is 18.0. The summed E-state index contributed by atoms with van der Waals surface area (Å²) in [6, 6.07) is -3.44. The third-order valence-electron chi connectivity index (χ3n) is 6.43. The van der Waals surface area contributed by atoms with Crippen molar-refractivity contribution in [2.45, 2.75) is 81.0 Å². The first-order valence-corrected chi connectivity index (χ1v) is 12.3.